The van der Waals surface area contributed by atoms with Gasteiger partial charge in [-0.25, -0.2) is 0 Å². The molecular weight excluding hydrogens is 373 g/mol. The maximum Gasteiger partial charge on any atom is 0.357 e. The molecule has 1 unspecified atom stereocenters. The topological polar surface area (TPSA) is 56.8 Å². The number of hydrogen-bond acceptors (Lipinski definition) is 5. The summed E-state index contributed by atoms with van der Waals surface area (Å²) in [5, 5.41) is 3.37. The number of unbranched alkanes of at least 4 members (excludes halogenated alkanes) is 2. The highest BCUT2D eigenvalue weighted by molar-refractivity contribution is 7.54. The lowest BCUT2D eigenvalue weighted by molar-refractivity contribution is 0.194. The summed E-state index contributed by atoms with van der Waals surface area (Å²) in [5.74, 6) is 0.144. The summed E-state index contributed by atoms with van der Waals surface area (Å²) in [4.78, 5) is 0. The van der Waals surface area contributed by atoms with E-state index < -0.39 is 13.4 Å². The van der Waals surface area contributed by atoms with Gasteiger partial charge >= 0.3 is 7.60 Å². The van der Waals surface area contributed by atoms with Crippen LogP contribution in [0.15, 0.2) is 54.6 Å². The maximum absolute atomic E-state index is 13.9. The summed E-state index contributed by atoms with van der Waals surface area (Å²) in [6, 6.07) is 17.2. The van der Waals surface area contributed by atoms with Gasteiger partial charge in [0, 0.05) is 5.69 Å². The summed E-state index contributed by atoms with van der Waals surface area (Å²) in [6.45, 7) is 4.97. The Morgan fingerprint density at radius 2 is 1.46 bits per heavy atom. The molecule has 5 nitrogen and oxygen atoms in total. The van der Waals surface area contributed by atoms with Gasteiger partial charge in [0.15, 0.2) is 5.78 Å². The Balaban J connectivity index is 2.35. The number of anilines is 1. The van der Waals surface area contributed by atoms with Gasteiger partial charge < -0.3 is 19.1 Å². The number of ether oxygens (including phenoxy) is 1. The van der Waals surface area contributed by atoms with E-state index in [0.717, 1.165) is 42.7 Å². The molecule has 2 aromatic rings. The molecule has 0 aliphatic heterocycles. The Kier molecular flexibility index (Phi) is 9.56. The van der Waals surface area contributed by atoms with E-state index in [1.54, 1.807) is 7.11 Å². The van der Waals surface area contributed by atoms with Crippen molar-refractivity contribution >= 4 is 13.3 Å². The second-order valence-electron chi connectivity index (χ2n) is 6.60. The van der Waals surface area contributed by atoms with Crippen molar-refractivity contribution in [3.05, 3.63) is 60.2 Å². The summed E-state index contributed by atoms with van der Waals surface area (Å²) < 4.78 is 30.9. The van der Waals surface area contributed by atoms with Crippen molar-refractivity contribution in [3.63, 3.8) is 0 Å². The van der Waals surface area contributed by atoms with E-state index in [1.807, 2.05) is 54.6 Å². The van der Waals surface area contributed by atoms with Crippen LogP contribution >= 0.6 is 7.60 Å². The fraction of sp³-hybridized carbons (Fsp3) is 0.455. The number of para-hydroxylation sites is 1. The molecule has 6 heteroatoms. The van der Waals surface area contributed by atoms with Crippen LogP contribution in [0, 0.1) is 0 Å². The van der Waals surface area contributed by atoms with Crippen molar-refractivity contribution in [1.82, 2.24) is 0 Å². The predicted octanol–water partition coefficient (Wildman–Crippen LogP) is 6.63. The van der Waals surface area contributed by atoms with Crippen LogP contribution in [0.1, 0.15) is 50.9 Å². The molecule has 28 heavy (non-hydrogen) atoms. The second kappa shape index (κ2) is 11.9. The molecule has 0 aliphatic rings. The van der Waals surface area contributed by atoms with Gasteiger partial charge in [-0.15, -0.1) is 0 Å². The molecule has 2 rings (SSSR count). The van der Waals surface area contributed by atoms with Crippen LogP contribution in [0.5, 0.6) is 5.75 Å². The molecule has 0 heterocycles. The van der Waals surface area contributed by atoms with Crippen LogP contribution in [-0.4, -0.2) is 20.3 Å². The molecule has 0 spiro atoms. The van der Waals surface area contributed by atoms with E-state index in [0.29, 0.717) is 13.2 Å². The third-order valence-corrected chi connectivity index (χ3v) is 6.51. The van der Waals surface area contributed by atoms with E-state index >= 15 is 0 Å². The lowest BCUT2D eigenvalue weighted by atomic mass is 10.2. The smallest absolute Gasteiger partial charge is 0.357 e. The highest BCUT2D eigenvalue weighted by Gasteiger charge is 2.37. The quantitative estimate of drug-likeness (QED) is 0.299. The Hall–Kier alpha value is -1.81. The average molecular weight is 405 g/mol. The fourth-order valence-corrected chi connectivity index (χ4v) is 4.67. The average Bonchev–Trinajstić information content (AvgIpc) is 2.73. The molecule has 0 radical (unpaired) electrons. The van der Waals surface area contributed by atoms with Crippen LogP contribution in [0.3, 0.4) is 0 Å². The molecule has 0 aromatic heterocycles. The maximum atomic E-state index is 13.9. The number of rotatable bonds is 13. The number of methoxy groups -OCH3 is 1. The molecule has 154 valence electrons. The van der Waals surface area contributed by atoms with Crippen molar-refractivity contribution < 1.29 is 18.3 Å². The van der Waals surface area contributed by atoms with Gasteiger partial charge in [-0.3, -0.25) is 4.57 Å². The Morgan fingerprint density at radius 3 is 1.96 bits per heavy atom. The standard InChI is InChI=1S/C22H32NO4P/c1-4-6-17-26-28(24,27-18-7-5-2)22(23-20-11-9-8-10-12-20)19-13-15-21(25-3)16-14-19/h8-16,22-23H,4-7,17-18H2,1-3H3. The lowest BCUT2D eigenvalue weighted by Crippen LogP contribution is -2.16. The largest absolute Gasteiger partial charge is 0.497 e. The van der Waals surface area contributed by atoms with E-state index in [1.165, 1.54) is 0 Å². The first-order chi connectivity index (χ1) is 13.6. The summed E-state index contributed by atoms with van der Waals surface area (Å²) in [5.41, 5.74) is 1.70. The van der Waals surface area contributed by atoms with E-state index in [4.69, 9.17) is 13.8 Å². The molecule has 0 aliphatic carbocycles. The zero-order valence-electron chi connectivity index (χ0n) is 17.1. The van der Waals surface area contributed by atoms with E-state index in [-0.39, 0.29) is 0 Å². The van der Waals surface area contributed by atoms with Crippen LogP contribution in [0.25, 0.3) is 0 Å². The monoisotopic (exact) mass is 405 g/mol. The third kappa shape index (κ3) is 6.66. The summed E-state index contributed by atoms with van der Waals surface area (Å²) >= 11 is 0. The van der Waals surface area contributed by atoms with Crippen molar-refractivity contribution in [2.24, 2.45) is 0 Å². The first kappa shape index (κ1) is 22.5. The van der Waals surface area contributed by atoms with Crippen LogP contribution in [0.2, 0.25) is 0 Å². The van der Waals surface area contributed by atoms with Crippen molar-refractivity contribution in [2.75, 3.05) is 25.6 Å². The third-order valence-electron chi connectivity index (χ3n) is 4.36. The number of nitrogens with one attached hydrogen (secondary N) is 1. The molecule has 2 aromatic carbocycles. The lowest BCUT2D eigenvalue weighted by Gasteiger charge is -2.29. The van der Waals surface area contributed by atoms with Gasteiger partial charge in [-0.05, 0) is 42.7 Å². The second-order valence-corrected chi connectivity index (χ2v) is 8.71. The molecule has 0 saturated heterocycles. The van der Waals surface area contributed by atoms with Gasteiger partial charge in [0.25, 0.3) is 0 Å². The molecule has 0 fully saturated rings. The minimum atomic E-state index is -3.45. The van der Waals surface area contributed by atoms with Crippen molar-refractivity contribution in [2.45, 2.75) is 45.3 Å². The normalized spacial score (nSPS) is 12.5. The van der Waals surface area contributed by atoms with Gasteiger partial charge in [-0.1, -0.05) is 57.0 Å². The van der Waals surface area contributed by atoms with Gasteiger partial charge in [-0.2, -0.15) is 0 Å². The van der Waals surface area contributed by atoms with Crippen LogP contribution < -0.4 is 10.1 Å². The number of hydrogen-bond donors (Lipinski definition) is 1. The highest BCUT2D eigenvalue weighted by atomic mass is 31.2. The zero-order valence-corrected chi connectivity index (χ0v) is 18.0. The first-order valence-corrected chi connectivity index (χ1v) is 11.6. The molecular formula is C22H32NO4P. The molecule has 0 bridgehead atoms. The Morgan fingerprint density at radius 1 is 0.893 bits per heavy atom. The predicted molar refractivity (Wildman–Crippen MR) is 115 cm³/mol. The van der Waals surface area contributed by atoms with E-state index in [2.05, 4.69) is 19.2 Å². The van der Waals surface area contributed by atoms with Gasteiger partial charge in [0.2, 0.25) is 0 Å². The minimum Gasteiger partial charge on any atom is -0.497 e. The van der Waals surface area contributed by atoms with Crippen LogP contribution in [0.4, 0.5) is 5.69 Å². The zero-order chi connectivity index (χ0) is 20.2. The molecule has 0 saturated carbocycles. The van der Waals surface area contributed by atoms with Crippen molar-refractivity contribution in [1.29, 1.82) is 0 Å². The van der Waals surface area contributed by atoms with E-state index in [9.17, 15) is 4.57 Å². The first-order valence-electron chi connectivity index (χ1n) is 9.97. The van der Waals surface area contributed by atoms with Gasteiger partial charge in [0.1, 0.15) is 5.75 Å². The molecule has 1 atom stereocenters. The fourth-order valence-electron chi connectivity index (χ4n) is 2.68. The summed E-state index contributed by atoms with van der Waals surface area (Å²) in [7, 11) is -1.83. The Bertz CT molecular complexity index is 707. The van der Waals surface area contributed by atoms with Gasteiger partial charge in [0.05, 0.1) is 20.3 Å². The van der Waals surface area contributed by atoms with Crippen LogP contribution in [-0.2, 0) is 13.6 Å². The number of benzene rings is 2. The summed E-state index contributed by atoms with van der Waals surface area (Å²) in [6.07, 6.45) is 3.60. The molecule has 1 N–H and O–H groups in total. The molecule has 0 amide bonds. The minimum absolute atomic E-state index is 0.406. The Labute approximate surface area is 168 Å². The van der Waals surface area contributed by atoms with Crippen molar-refractivity contribution in [3.8, 4) is 5.75 Å². The SMILES string of the molecule is CCCCOP(=O)(OCCCC)C(Nc1ccccc1)c1ccc(OC)cc1. The highest BCUT2D eigenvalue weighted by Crippen LogP contribution is 2.61.